The first kappa shape index (κ1) is 17.7. The van der Waals surface area contributed by atoms with Gasteiger partial charge in [-0.25, -0.2) is 0 Å². The highest BCUT2D eigenvalue weighted by molar-refractivity contribution is 5.81. The number of rotatable bonds is 6. The molecular formula is C18H29NO2. The summed E-state index contributed by atoms with van der Waals surface area (Å²) in [6.07, 6.45) is 1.05. The number of aliphatic hydroxyl groups excluding tert-OH is 1. The molecule has 1 rings (SSSR count). The number of hydrogen-bond donors (Lipinski definition) is 2. The number of hydrogen-bond acceptors (Lipinski definition) is 2. The van der Waals surface area contributed by atoms with Gasteiger partial charge in [0.05, 0.1) is 0 Å². The van der Waals surface area contributed by atoms with E-state index in [4.69, 9.17) is 0 Å². The molecule has 1 aromatic rings. The molecule has 1 atom stereocenters. The lowest BCUT2D eigenvalue weighted by atomic mass is 9.81. The van der Waals surface area contributed by atoms with Crippen molar-refractivity contribution in [2.24, 2.45) is 5.41 Å². The monoisotopic (exact) mass is 291 g/mol. The molecule has 3 nitrogen and oxygen atoms in total. The summed E-state index contributed by atoms with van der Waals surface area (Å²) in [4.78, 5) is 12.1. The second-order valence-electron chi connectivity index (χ2n) is 7.65. The molecule has 0 saturated heterocycles. The van der Waals surface area contributed by atoms with Gasteiger partial charge in [0.15, 0.2) is 0 Å². The molecule has 2 N–H and O–H groups in total. The SMILES string of the molecule is CC(C)(C)CC(C)(C)NC(=O)C(O)CCc1ccccc1. The van der Waals surface area contributed by atoms with E-state index < -0.39 is 6.10 Å². The molecule has 1 aromatic carbocycles. The molecule has 0 aliphatic rings. The Hall–Kier alpha value is -1.35. The standard InChI is InChI=1S/C18H29NO2/c1-17(2,3)13-18(4,5)19-16(21)15(20)12-11-14-9-7-6-8-10-14/h6-10,15,20H,11-13H2,1-5H3,(H,19,21). The average molecular weight is 291 g/mol. The van der Waals surface area contributed by atoms with E-state index in [9.17, 15) is 9.90 Å². The second kappa shape index (κ2) is 7.08. The van der Waals surface area contributed by atoms with E-state index in [2.05, 4.69) is 26.1 Å². The van der Waals surface area contributed by atoms with E-state index in [0.717, 1.165) is 12.0 Å². The van der Waals surface area contributed by atoms with Crippen LogP contribution >= 0.6 is 0 Å². The summed E-state index contributed by atoms with van der Waals surface area (Å²) in [6, 6.07) is 9.91. The quantitative estimate of drug-likeness (QED) is 0.845. The van der Waals surface area contributed by atoms with Crippen LogP contribution < -0.4 is 5.32 Å². The highest BCUT2D eigenvalue weighted by Crippen LogP contribution is 2.26. The molecule has 0 fully saturated rings. The number of benzene rings is 1. The van der Waals surface area contributed by atoms with E-state index in [1.807, 2.05) is 44.2 Å². The normalized spacial score (nSPS) is 13.8. The molecule has 0 heterocycles. The van der Waals surface area contributed by atoms with Crippen molar-refractivity contribution in [2.45, 2.75) is 65.5 Å². The predicted molar refractivity (Wildman–Crippen MR) is 87.1 cm³/mol. The Morgan fingerprint density at radius 3 is 2.24 bits per heavy atom. The molecule has 0 bridgehead atoms. The van der Waals surface area contributed by atoms with Crippen molar-refractivity contribution in [3.8, 4) is 0 Å². The molecule has 1 unspecified atom stereocenters. The molecule has 1 amide bonds. The predicted octanol–water partition coefficient (Wildman–Crippen LogP) is 3.31. The van der Waals surface area contributed by atoms with E-state index in [1.54, 1.807) is 0 Å². The van der Waals surface area contributed by atoms with Gasteiger partial charge in [0, 0.05) is 5.54 Å². The first-order valence-corrected chi connectivity index (χ1v) is 7.63. The van der Waals surface area contributed by atoms with Gasteiger partial charge in [-0.3, -0.25) is 4.79 Å². The zero-order valence-electron chi connectivity index (χ0n) is 13.9. The third-order valence-electron chi connectivity index (χ3n) is 3.29. The molecule has 0 spiro atoms. The van der Waals surface area contributed by atoms with Crippen molar-refractivity contribution >= 4 is 5.91 Å². The van der Waals surface area contributed by atoms with Crippen molar-refractivity contribution in [1.82, 2.24) is 5.32 Å². The van der Waals surface area contributed by atoms with Gasteiger partial charge in [-0.1, -0.05) is 51.1 Å². The highest BCUT2D eigenvalue weighted by atomic mass is 16.3. The Kier molecular flexibility index (Phi) is 5.97. The minimum absolute atomic E-state index is 0.131. The van der Waals surface area contributed by atoms with Crippen molar-refractivity contribution in [3.05, 3.63) is 35.9 Å². The number of carbonyl (C=O) groups is 1. The zero-order valence-corrected chi connectivity index (χ0v) is 13.9. The van der Waals surface area contributed by atoms with Crippen molar-refractivity contribution < 1.29 is 9.90 Å². The van der Waals surface area contributed by atoms with Gasteiger partial charge in [-0.15, -0.1) is 0 Å². The Bertz CT molecular complexity index is 446. The first-order chi connectivity index (χ1) is 9.59. The number of aryl methyl sites for hydroxylation is 1. The molecule has 0 aliphatic carbocycles. The molecule has 3 heteroatoms. The topological polar surface area (TPSA) is 49.3 Å². The molecule has 118 valence electrons. The van der Waals surface area contributed by atoms with E-state index in [1.165, 1.54) is 0 Å². The third kappa shape index (κ3) is 7.28. The number of carbonyl (C=O) groups excluding carboxylic acids is 1. The summed E-state index contributed by atoms with van der Waals surface area (Å²) < 4.78 is 0. The van der Waals surface area contributed by atoms with Crippen LogP contribution in [0, 0.1) is 5.41 Å². The van der Waals surface area contributed by atoms with E-state index in [-0.39, 0.29) is 16.9 Å². The first-order valence-electron chi connectivity index (χ1n) is 7.63. The Balaban J connectivity index is 2.47. The lowest BCUT2D eigenvalue weighted by molar-refractivity contribution is -0.131. The lowest BCUT2D eigenvalue weighted by Crippen LogP contribution is -2.49. The third-order valence-corrected chi connectivity index (χ3v) is 3.29. The highest BCUT2D eigenvalue weighted by Gasteiger charge is 2.28. The summed E-state index contributed by atoms with van der Waals surface area (Å²) >= 11 is 0. The second-order valence-corrected chi connectivity index (χ2v) is 7.65. The molecule has 21 heavy (non-hydrogen) atoms. The van der Waals surface area contributed by atoms with Crippen LogP contribution in [0.25, 0.3) is 0 Å². The fraction of sp³-hybridized carbons (Fsp3) is 0.611. The summed E-state index contributed by atoms with van der Waals surface area (Å²) in [5.41, 5.74) is 0.952. The summed E-state index contributed by atoms with van der Waals surface area (Å²) in [5.74, 6) is -0.278. The van der Waals surface area contributed by atoms with Crippen LogP contribution in [0.1, 0.15) is 53.0 Å². The summed E-state index contributed by atoms with van der Waals surface area (Å²) in [6.45, 7) is 10.4. The smallest absolute Gasteiger partial charge is 0.249 e. The molecule has 0 aliphatic heterocycles. The largest absolute Gasteiger partial charge is 0.383 e. The van der Waals surface area contributed by atoms with Crippen LogP contribution in [0.15, 0.2) is 30.3 Å². The minimum Gasteiger partial charge on any atom is -0.383 e. The van der Waals surface area contributed by atoms with Crippen LogP contribution in [0.5, 0.6) is 0 Å². The van der Waals surface area contributed by atoms with E-state index >= 15 is 0 Å². The van der Waals surface area contributed by atoms with Crippen LogP contribution in [0.3, 0.4) is 0 Å². The van der Waals surface area contributed by atoms with E-state index in [0.29, 0.717) is 12.8 Å². The summed E-state index contributed by atoms with van der Waals surface area (Å²) in [7, 11) is 0. The summed E-state index contributed by atoms with van der Waals surface area (Å²) in [5, 5.41) is 13.0. The Morgan fingerprint density at radius 1 is 1.14 bits per heavy atom. The van der Waals surface area contributed by atoms with Crippen LogP contribution in [0.2, 0.25) is 0 Å². The van der Waals surface area contributed by atoms with Gasteiger partial charge >= 0.3 is 0 Å². The van der Waals surface area contributed by atoms with Crippen LogP contribution in [-0.4, -0.2) is 22.7 Å². The number of amides is 1. The van der Waals surface area contributed by atoms with Gasteiger partial charge in [0.2, 0.25) is 5.91 Å². The Labute approximate surface area is 128 Å². The molecule has 0 saturated carbocycles. The van der Waals surface area contributed by atoms with Gasteiger partial charge in [0.1, 0.15) is 6.10 Å². The number of aliphatic hydroxyl groups is 1. The minimum atomic E-state index is -0.954. The van der Waals surface area contributed by atoms with Gasteiger partial charge in [-0.05, 0) is 44.1 Å². The van der Waals surface area contributed by atoms with Crippen LogP contribution in [0.4, 0.5) is 0 Å². The zero-order chi connectivity index (χ0) is 16.1. The maximum atomic E-state index is 12.1. The van der Waals surface area contributed by atoms with Gasteiger partial charge in [0.25, 0.3) is 0 Å². The fourth-order valence-corrected chi connectivity index (χ4v) is 2.87. The molecule has 0 radical (unpaired) electrons. The maximum absolute atomic E-state index is 12.1. The van der Waals surface area contributed by atoms with Crippen molar-refractivity contribution in [1.29, 1.82) is 0 Å². The molecular weight excluding hydrogens is 262 g/mol. The number of nitrogens with one attached hydrogen (secondary N) is 1. The maximum Gasteiger partial charge on any atom is 0.249 e. The average Bonchev–Trinajstić information content (AvgIpc) is 2.33. The lowest BCUT2D eigenvalue weighted by Gasteiger charge is -2.34. The van der Waals surface area contributed by atoms with Gasteiger partial charge < -0.3 is 10.4 Å². The van der Waals surface area contributed by atoms with Crippen molar-refractivity contribution in [2.75, 3.05) is 0 Å². The van der Waals surface area contributed by atoms with Gasteiger partial charge in [-0.2, -0.15) is 0 Å². The van der Waals surface area contributed by atoms with Crippen molar-refractivity contribution in [3.63, 3.8) is 0 Å². The van der Waals surface area contributed by atoms with Crippen LogP contribution in [-0.2, 0) is 11.2 Å². The Morgan fingerprint density at radius 2 is 1.71 bits per heavy atom. The fourth-order valence-electron chi connectivity index (χ4n) is 2.87. The molecule has 0 aromatic heterocycles.